The second-order valence-electron chi connectivity index (χ2n) is 7.59. The summed E-state index contributed by atoms with van der Waals surface area (Å²) in [5, 5.41) is 14.8. The lowest BCUT2D eigenvalue weighted by Gasteiger charge is -2.18. The van der Waals surface area contributed by atoms with Crippen molar-refractivity contribution in [2.75, 3.05) is 0 Å². The maximum atomic E-state index is 12.5. The van der Waals surface area contributed by atoms with E-state index in [4.69, 9.17) is 11.6 Å². The summed E-state index contributed by atoms with van der Waals surface area (Å²) in [6.07, 6.45) is 6.36. The number of rotatable bonds is 6. The Kier molecular flexibility index (Phi) is 6.10. The van der Waals surface area contributed by atoms with Crippen molar-refractivity contribution in [3.63, 3.8) is 0 Å². The molecule has 154 valence electrons. The van der Waals surface area contributed by atoms with Crippen LogP contribution in [0.2, 0.25) is 5.02 Å². The molecule has 3 amide bonds. The van der Waals surface area contributed by atoms with Gasteiger partial charge in [0.15, 0.2) is 11.0 Å². The first-order valence-electron chi connectivity index (χ1n) is 10.0. The van der Waals surface area contributed by atoms with Crippen LogP contribution in [0.5, 0.6) is 0 Å². The molecule has 2 aromatic rings. The average molecular weight is 434 g/mol. The van der Waals surface area contributed by atoms with Crippen LogP contribution in [-0.4, -0.2) is 38.0 Å². The maximum Gasteiger partial charge on any atom is 0.321 e. The van der Waals surface area contributed by atoms with Crippen LogP contribution in [0, 0.1) is 0 Å². The molecule has 0 aliphatic heterocycles. The first kappa shape index (κ1) is 20.2. The molecule has 4 rings (SSSR count). The van der Waals surface area contributed by atoms with Crippen LogP contribution in [0.15, 0.2) is 29.4 Å². The van der Waals surface area contributed by atoms with Gasteiger partial charge >= 0.3 is 6.03 Å². The van der Waals surface area contributed by atoms with E-state index in [2.05, 4.69) is 25.4 Å². The molecule has 2 saturated carbocycles. The second kappa shape index (κ2) is 8.75. The van der Waals surface area contributed by atoms with E-state index in [1.54, 1.807) is 6.92 Å². The van der Waals surface area contributed by atoms with Gasteiger partial charge in [-0.3, -0.25) is 14.7 Å². The van der Waals surface area contributed by atoms with Crippen LogP contribution in [0.4, 0.5) is 4.79 Å². The summed E-state index contributed by atoms with van der Waals surface area (Å²) in [6.45, 7) is 1.77. The summed E-state index contributed by atoms with van der Waals surface area (Å²) in [5.41, 5.74) is 0.835. The minimum atomic E-state index is -0.483. The maximum absolute atomic E-state index is 12.5. The molecular formula is C20H24ClN5O2S. The second-order valence-corrected chi connectivity index (χ2v) is 9.31. The lowest BCUT2D eigenvalue weighted by atomic mass is 10.2. The van der Waals surface area contributed by atoms with E-state index in [-0.39, 0.29) is 18.0 Å². The predicted molar refractivity (Wildman–Crippen MR) is 113 cm³/mol. The van der Waals surface area contributed by atoms with Gasteiger partial charge in [0.25, 0.3) is 0 Å². The van der Waals surface area contributed by atoms with Crippen LogP contribution >= 0.6 is 23.4 Å². The summed E-state index contributed by atoms with van der Waals surface area (Å²) in [6, 6.07) is 7.64. The molecule has 2 fully saturated rings. The number of thioether (sulfide) groups is 1. The van der Waals surface area contributed by atoms with E-state index in [0.717, 1.165) is 49.9 Å². The third kappa shape index (κ3) is 4.75. The van der Waals surface area contributed by atoms with Crippen LogP contribution in [0.3, 0.4) is 0 Å². The molecule has 1 aromatic carbocycles. The smallest absolute Gasteiger partial charge is 0.321 e. The number of amides is 3. The fourth-order valence-electron chi connectivity index (χ4n) is 3.55. The van der Waals surface area contributed by atoms with Crippen LogP contribution in [-0.2, 0) is 4.79 Å². The number of nitrogens with one attached hydrogen (secondary N) is 2. The lowest BCUT2D eigenvalue weighted by Crippen LogP contribution is -2.43. The summed E-state index contributed by atoms with van der Waals surface area (Å²) in [5.74, 6) is 0.387. The zero-order valence-corrected chi connectivity index (χ0v) is 17.8. The van der Waals surface area contributed by atoms with E-state index in [0.29, 0.717) is 10.2 Å². The number of hydrogen-bond acceptors (Lipinski definition) is 5. The number of carbonyl (C=O) groups is 2. The molecule has 2 aliphatic rings. The zero-order valence-electron chi connectivity index (χ0n) is 16.2. The van der Waals surface area contributed by atoms with Crippen molar-refractivity contribution >= 4 is 35.3 Å². The number of nitrogens with zero attached hydrogens (tertiary/aromatic N) is 3. The number of hydrogen-bond donors (Lipinski definition) is 2. The van der Waals surface area contributed by atoms with Gasteiger partial charge in [-0.1, -0.05) is 48.3 Å². The Hall–Kier alpha value is -2.06. The fraction of sp³-hybridized carbons (Fsp3) is 0.500. The Morgan fingerprint density at radius 1 is 1.17 bits per heavy atom. The third-order valence-electron chi connectivity index (χ3n) is 5.27. The van der Waals surface area contributed by atoms with Crippen molar-refractivity contribution in [1.29, 1.82) is 0 Å². The van der Waals surface area contributed by atoms with Crippen molar-refractivity contribution in [3.8, 4) is 11.4 Å². The molecule has 7 nitrogen and oxygen atoms in total. The van der Waals surface area contributed by atoms with Crippen LogP contribution < -0.4 is 10.6 Å². The number of halogens is 1. The SMILES string of the molecule is CC(Sc1nnc(-c2ccccc2Cl)n1C1CCCC1)C(=O)NC(=O)NC1CC1. The Morgan fingerprint density at radius 2 is 1.90 bits per heavy atom. The van der Waals surface area contributed by atoms with E-state index in [1.165, 1.54) is 11.8 Å². The van der Waals surface area contributed by atoms with E-state index in [1.807, 2.05) is 24.3 Å². The highest BCUT2D eigenvalue weighted by atomic mass is 35.5. The Bertz CT molecular complexity index is 908. The Labute approximate surface area is 179 Å². The van der Waals surface area contributed by atoms with Crippen molar-refractivity contribution in [3.05, 3.63) is 29.3 Å². The lowest BCUT2D eigenvalue weighted by molar-refractivity contribution is -0.119. The number of benzene rings is 1. The van der Waals surface area contributed by atoms with E-state index < -0.39 is 11.3 Å². The van der Waals surface area contributed by atoms with Crippen molar-refractivity contribution in [2.45, 2.75) is 67.9 Å². The molecule has 0 radical (unpaired) electrons. The van der Waals surface area contributed by atoms with Gasteiger partial charge < -0.3 is 5.32 Å². The average Bonchev–Trinajstić information content (AvgIpc) is 3.17. The third-order valence-corrected chi connectivity index (χ3v) is 6.66. The molecule has 1 unspecified atom stereocenters. The van der Waals surface area contributed by atoms with Gasteiger partial charge in [0.1, 0.15) is 0 Å². The standard InChI is InChI=1S/C20H24ClN5O2S/c1-12(18(27)23-19(28)22-13-10-11-13)29-20-25-24-17(15-8-4-5-9-16(15)21)26(20)14-6-2-3-7-14/h4-5,8-9,12-14H,2-3,6-7,10-11H2,1H3,(H2,22,23,27,28). The van der Waals surface area contributed by atoms with Crippen molar-refractivity contribution in [2.24, 2.45) is 0 Å². The van der Waals surface area contributed by atoms with Gasteiger partial charge in [-0.25, -0.2) is 4.79 Å². The van der Waals surface area contributed by atoms with Gasteiger partial charge in [-0.2, -0.15) is 0 Å². The quantitative estimate of drug-likeness (QED) is 0.667. The van der Waals surface area contributed by atoms with Gasteiger partial charge in [0, 0.05) is 17.6 Å². The number of aromatic nitrogens is 3. The van der Waals surface area contributed by atoms with Crippen LogP contribution in [0.25, 0.3) is 11.4 Å². The Balaban J connectivity index is 1.54. The van der Waals surface area contributed by atoms with Gasteiger partial charge in [-0.05, 0) is 44.7 Å². The normalized spacial score (nSPS) is 17.9. The number of imide groups is 1. The molecule has 1 atom stereocenters. The van der Waals surface area contributed by atoms with Gasteiger partial charge in [-0.15, -0.1) is 10.2 Å². The van der Waals surface area contributed by atoms with Gasteiger partial charge in [0.05, 0.1) is 10.3 Å². The molecule has 0 spiro atoms. The van der Waals surface area contributed by atoms with Crippen molar-refractivity contribution < 1.29 is 9.59 Å². The fourth-order valence-corrected chi connectivity index (χ4v) is 4.69. The first-order chi connectivity index (χ1) is 14.0. The molecule has 1 heterocycles. The molecule has 29 heavy (non-hydrogen) atoms. The van der Waals surface area contributed by atoms with E-state index in [9.17, 15) is 9.59 Å². The molecular weight excluding hydrogens is 410 g/mol. The van der Waals surface area contributed by atoms with Gasteiger partial charge in [0.2, 0.25) is 5.91 Å². The first-order valence-corrected chi connectivity index (χ1v) is 11.3. The summed E-state index contributed by atoms with van der Waals surface area (Å²) in [7, 11) is 0. The molecule has 2 N–H and O–H groups in total. The topological polar surface area (TPSA) is 88.9 Å². The number of carbonyl (C=O) groups excluding carboxylic acids is 2. The van der Waals surface area contributed by atoms with Crippen molar-refractivity contribution in [1.82, 2.24) is 25.4 Å². The minimum Gasteiger partial charge on any atom is -0.335 e. The molecule has 0 bridgehead atoms. The highest BCUT2D eigenvalue weighted by Gasteiger charge is 2.29. The molecule has 9 heteroatoms. The summed E-state index contributed by atoms with van der Waals surface area (Å²) >= 11 is 7.73. The Morgan fingerprint density at radius 3 is 2.59 bits per heavy atom. The zero-order chi connectivity index (χ0) is 20.4. The minimum absolute atomic E-state index is 0.203. The molecule has 0 saturated heterocycles. The van der Waals surface area contributed by atoms with Crippen LogP contribution in [0.1, 0.15) is 51.5 Å². The summed E-state index contributed by atoms with van der Waals surface area (Å²) in [4.78, 5) is 24.3. The highest BCUT2D eigenvalue weighted by Crippen LogP contribution is 2.38. The molecule has 2 aliphatic carbocycles. The largest absolute Gasteiger partial charge is 0.335 e. The monoisotopic (exact) mass is 433 g/mol. The summed E-state index contributed by atoms with van der Waals surface area (Å²) < 4.78 is 2.12. The molecule has 1 aromatic heterocycles. The predicted octanol–water partition coefficient (Wildman–Crippen LogP) is 4.18. The highest BCUT2D eigenvalue weighted by molar-refractivity contribution is 8.00. The number of urea groups is 1. The van der Waals surface area contributed by atoms with E-state index >= 15 is 0 Å².